The Morgan fingerprint density at radius 3 is 0.815 bits per heavy atom. The van der Waals surface area contributed by atoms with E-state index in [2.05, 4.69) is 167 Å². The monoisotopic (exact) mass is 1550 g/mol. The van der Waals surface area contributed by atoms with E-state index in [0.717, 1.165) is 186 Å². The zero-order valence-corrected chi connectivity index (χ0v) is 69.3. The molecule has 0 aromatic rings. The first kappa shape index (κ1) is 103. The number of esters is 4. The van der Waals surface area contributed by atoms with Crippen LogP contribution in [0.15, 0.2) is 158 Å². The maximum Gasteiger partial charge on any atom is 0.472 e. The predicted octanol–water partition coefficient (Wildman–Crippen LogP) is 24.8. The van der Waals surface area contributed by atoms with Gasteiger partial charge < -0.3 is 33.8 Å². The zero-order valence-electron chi connectivity index (χ0n) is 67.5. The summed E-state index contributed by atoms with van der Waals surface area (Å²) in [5.41, 5.74) is 0. The molecule has 17 nitrogen and oxygen atoms in total. The third-order valence-corrected chi connectivity index (χ3v) is 18.9. The number of ether oxygens (including phenoxy) is 4. The summed E-state index contributed by atoms with van der Waals surface area (Å²) in [6.07, 6.45) is 93.7. The maximum absolute atomic E-state index is 13.1. The van der Waals surface area contributed by atoms with Crippen molar-refractivity contribution in [2.24, 2.45) is 0 Å². The molecule has 0 aromatic carbocycles. The first-order chi connectivity index (χ1) is 52.7. The predicted molar refractivity (Wildman–Crippen MR) is 445 cm³/mol. The molecule has 616 valence electrons. The molecule has 0 fully saturated rings. The van der Waals surface area contributed by atoms with Crippen molar-refractivity contribution < 1.29 is 80.2 Å². The third kappa shape index (κ3) is 78.8. The van der Waals surface area contributed by atoms with Gasteiger partial charge in [0.25, 0.3) is 0 Å². The molecular weight excluding hydrogens is 1400 g/mol. The lowest BCUT2D eigenvalue weighted by Gasteiger charge is -2.21. The van der Waals surface area contributed by atoms with Crippen molar-refractivity contribution in [3.63, 3.8) is 0 Å². The molecule has 0 radical (unpaired) electrons. The van der Waals surface area contributed by atoms with Crippen LogP contribution in [0.25, 0.3) is 0 Å². The van der Waals surface area contributed by atoms with Crippen LogP contribution in [0, 0.1) is 0 Å². The van der Waals surface area contributed by atoms with Gasteiger partial charge >= 0.3 is 39.5 Å². The van der Waals surface area contributed by atoms with Gasteiger partial charge in [-0.05, 0) is 161 Å². The van der Waals surface area contributed by atoms with E-state index in [0.29, 0.717) is 32.1 Å². The minimum absolute atomic E-state index is 0.0312. The van der Waals surface area contributed by atoms with Gasteiger partial charge in [-0.2, -0.15) is 0 Å². The normalized spacial score (nSPS) is 14.6. The van der Waals surface area contributed by atoms with Gasteiger partial charge in [0.05, 0.1) is 26.4 Å². The molecule has 19 heteroatoms. The summed E-state index contributed by atoms with van der Waals surface area (Å²) >= 11 is 0. The number of hydrogen-bond donors (Lipinski definition) is 3. The Bertz CT molecular complexity index is 2660. The summed E-state index contributed by atoms with van der Waals surface area (Å²) in [5.74, 6) is -2.32. The number of unbranched alkanes of at least 4 members (excludes halogenated alkanes) is 25. The van der Waals surface area contributed by atoms with Gasteiger partial charge in [0, 0.05) is 25.7 Å². The fourth-order valence-corrected chi connectivity index (χ4v) is 12.3. The van der Waals surface area contributed by atoms with Crippen LogP contribution >= 0.6 is 15.6 Å². The lowest BCUT2D eigenvalue weighted by molar-refractivity contribution is -0.161. The van der Waals surface area contributed by atoms with Crippen molar-refractivity contribution in [2.45, 2.75) is 341 Å². The summed E-state index contributed by atoms with van der Waals surface area (Å²) in [6.45, 7) is 4.51. The summed E-state index contributed by atoms with van der Waals surface area (Å²) < 4.78 is 68.6. The number of hydrogen-bond acceptors (Lipinski definition) is 15. The Kier molecular flexibility index (Phi) is 75.8. The Morgan fingerprint density at radius 1 is 0.269 bits per heavy atom. The second-order valence-corrected chi connectivity index (χ2v) is 30.2. The van der Waals surface area contributed by atoms with Crippen molar-refractivity contribution in [3.05, 3.63) is 158 Å². The minimum Gasteiger partial charge on any atom is -0.462 e. The van der Waals surface area contributed by atoms with Crippen LogP contribution in [-0.2, 0) is 65.4 Å². The maximum atomic E-state index is 13.1. The number of rotatable bonds is 77. The van der Waals surface area contributed by atoms with Gasteiger partial charge in [0.1, 0.15) is 19.3 Å². The zero-order chi connectivity index (χ0) is 78.9. The van der Waals surface area contributed by atoms with E-state index in [4.69, 9.17) is 37.0 Å². The fraction of sp³-hybridized carbons (Fsp3) is 0.663. The summed E-state index contributed by atoms with van der Waals surface area (Å²) in [6, 6.07) is 0. The molecule has 3 N–H and O–H groups in total. The van der Waals surface area contributed by atoms with Crippen molar-refractivity contribution in [1.29, 1.82) is 0 Å². The number of allylic oxidation sites excluding steroid dienone is 26. The largest absolute Gasteiger partial charge is 0.472 e. The molecule has 0 aliphatic carbocycles. The molecule has 0 rings (SSSR count). The molecule has 0 bridgehead atoms. The third-order valence-electron chi connectivity index (χ3n) is 17.0. The molecule has 0 amide bonds. The number of aliphatic hydroxyl groups is 1. The van der Waals surface area contributed by atoms with Crippen molar-refractivity contribution >= 4 is 39.5 Å². The molecule has 2 unspecified atom stereocenters. The van der Waals surface area contributed by atoms with Gasteiger partial charge in [0.2, 0.25) is 0 Å². The van der Waals surface area contributed by atoms with E-state index in [1.165, 1.54) is 51.4 Å². The Balaban J connectivity index is 5.47. The smallest absolute Gasteiger partial charge is 0.462 e. The summed E-state index contributed by atoms with van der Waals surface area (Å²) in [5, 5.41) is 10.7. The Hall–Kier alpha value is -5.32. The van der Waals surface area contributed by atoms with E-state index < -0.39 is 97.5 Å². The highest BCUT2D eigenvalue weighted by molar-refractivity contribution is 7.47. The minimum atomic E-state index is -5.00. The van der Waals surface area contributed by atoms with E-state index in [-0.39, 0.29) is 25.7 Å². The lowest BCUT2D eigenvalue weighted by Crippen LogP contribution is -2.30. The molecular formula is C89H148O17P2. The van der Waals surface area contributed by atoms with E-state index in [1.807, 2.05) is 18.2 Å². The van der Waals surface area contributed by atoms with Crippen LogP contribution in [0.4, 0.5) is 0 Å². The number of carbonyl (C=O) groups excluding carboxylic acids is 4. The Morgan fingerprint density at radius 2 is 0.500 bits per heavy atom. The van der Waals surface area contributed by atoms with Gasteiger partial charge in [-0.3, -0.25) is 37.3 Å². The first-order valence-electron chi connectivity index (χ1n) is 41.7. The molecule has 0 aliphatic heterocycles. The number of aliphatic hydroxyl groups excluding tert-OH is 1. The average Bonchev–Trinajstić information content (AvgIpc) is 0.923. The molecule has 0 spiro atoms. The van der Waals surface area contributed by atoms with E-state index in [1.54, 1.807) is 0 Å². The highest BCUT2D eigenvalue weighted by Crippen LogP contribution is 2.45. The van der Waals surface area contributed by atoms with Crippen LogP contribution in [-0.4, -0.2) is 96.7 Å². The molecule has 0 aliphatic rings. The van der Waals surface area contributed by atoms with Crippen molar-refractivity contribution in [2.75, 3.05) is 39.6 Å². The molecule has 108 heavy (non-hydrogen) atoms. The van der Waals surface area contributed by atoms with Gasteiger partial charge in [-0.15, -0.1) is 0 Å². The van der Waals surface area contributed by atoms with Crippen LogP contribution < -0.4 is 0 Å². The number of phosphoric ester groups is 2. The summed E-state index contributed by atoms with van der Waals surface area (Å²) in [7, 11) is -10.0. The molecule has 5 atom stereocenters. The molecule has 0 aromatic heterocycles. The second kappa shape index (κ2) is 79.8. The molecule has 0 saturated carbocycles. The van der Waals surface area contributed by atoms with E-state index in [9.17, 15) is 43.2 Å². The van der Waals surface area contributed by atoms with E-state index >= 15 is 0 Å². The van der Waals surface area contributed by atoms with Crippen LogP contribution in [0.2, 0.25) is 0 Å². The topological polar surface area (TPSA) is 237 Å². The molecule has 0 saturated heterocycles. The number of phosphoric acid groups is 2. The lowest BCUT2D eigenvalue weighted by atomic mass is 10.1. The average molecular weight is 1550 g/mol. The first-order valence-corrected chi connectivity index (χ1v) is 44.7. The highest BCUT2D eigenvalue weighted by atomic mass is 31.2. The van der Waals surface area contributed by atoms with Gasteiger partial charge in [0.15, 0.2) is 12.2 Å². The highest BCUT2D eigenvalue weighted by Gasteiger charge is 2.30. The van der Waals surface area contributed by atoms with Gasteiger partial charge in [-0.1, -0.05) is 295 Å². The van der Waals surface area contributed by atoms with Crippen molar-refractivity contribution in [1.82, 2.24) is 0 Å². The van der Waals surface area contributed by atoms with Crippen LogP contribution in [0.1, 0.15) is 323 Å². The summed E-state index contributed by atoms with van der Waals surface area (Å²) in [4.78, 5) is 73.1. The van der Waals surface area contributed by atoms with Gasteiger partial charge in [-0.25, -0.2) is 9.13 Å². The van der Waals surface area contributed by atoms with Crippen LogP contribution in [0.5, 0.6) is 0 Å². The van der Waals surface area contributed by atoms with Crippen LogP contribution in [0.3, 0.4) is 0 Å². The fourth-order valence-electron chi connectivity index (χ4n) is 10.7. The number of carbonyl (C=O) groups is 4. The quantitative estimate of drug-likeness (QED) is 0.0169. The molecule has 0 heterocycles. The SMILES string of the molecule is CC/C=C\C/C=C\C/C=C\C/C=C\C/C=C\C/C=C\CCC(=O)OC[C@H](COP(=O)(O)OC[C@@H](O)COP(=O)(O)OC[C@@H](COC(=O)CCCCC/C=C\C/C=C\C/C=C\C/C=C\C/C=C\CC)OC(=O)CCCCCCCCC/C=C\CCCCCC)OC(=O)CCCCCCCCC/C=C\CCCCCC. The standard InChI is InChI=1S/C89H148O17P2/c1-5-9-13-17-21-25-29-33-37-39-41-43-47-49-53-57-61-65-69-73-86(91)99-79-84(105-88(93)75-71-67-63-59-55-51-45-35-31-27-23-19-15-11-7-3)81-103-107(95,96)101-77-83(90)78-102-108(97,98)104-82-85(106-89(94)76-72-68-64-60-56-52-46-36-32-28-24-20-16-12-8-4)80-100-87(92)74-70-66-62-58-54-50-48-44-42-40-38-34-30-26-22-18-14-10-6-2/h9-10,13-14,21-22,25-28,31-34,37-38,41-44,49-50,53-54,61,65,83-85,90H,5-8,11-12,15-20,23-24,29-30,35-36,39-40,45-48,51-52,55-60,62-64,66-82H2,1-4H3,(H,95,96)(H,97,98)/b13-9-,14-10-,25-21-,26-22-,31-27-,32-28-,37-33-,38-34-,43-41-,44-42-,53-49-,54-50-,65-61-/t83-,84-,85-/m1/s1. The Labute approximate surface area is 655 Å². The second-order valence-electron chi connectivity index (χ2n) is 27.3. The van der Waals surface area contributed by atoms with Crippen molar-refractivity contribution in [3.8, 4) is 0 Å².